The fourth-order valence-corrected chi connectivity index (χ4v) is 5.22. The number of anilines is 1. The second-order valence-electron chi connectivity index (χ2n) is 7.45. The first-order chi connectivity index (χ1) is 12.2. The van der Waals surface area contributed by atoms with Gasteiger partial charge in [0.1, 0.15) is 0 Å². The van der Waals surface area contributed by atoms with Gasteiger partial charge in [0.15, 0.2) is 16.7 Å². The number of benzene rings is 1. The average molecular weight is 353 g/mol. The van der Waals surface area contributed by atoms with Crippen molar-refractivity contribution in [1.82, 2.24) is 9.97 Å². The molecule has 1 amide bonds. The Kier molecular flexibility index (Phi) is 3.59. The lowest BCUT2D eigenvalue weighted by atomic mass is 9.86. The van der Waals surface area contributed by atoms with E-state index in [1.807, 2.05) is 29.1 Å². The van der Waals surface area contributed by atoms with E-state index in [1.165, 1.54) is 25.7 Å². The minimum Gasteiger partial charge on any atom is -0.326 e. The quantitative estimate of drug-likeness (QED) is 0.747. The van der Waals surface area contributed by atoms with Crippen molar-refractivity contribution in [3.8, 4) is 11.5 Å². The first kappa shape index (κ1) is 15.1. The molecule has 128 valence electrons. The number of carbonyl (C=O) groups excluding carboxylic acids is 1. The fraction of sp³-hybridized carbons (Fsp3) is 0.421. The smallest absolute Gasteiger partial charge is 0.305 e. The van der Waals surface area contributed by atoms with Gasteiger partial charge < -0.3 is 5.32 Å². The van der Waals surface area contributed by atoms with Crippen LogP contribution in [0.5, 0.6) is 0 Å². The number of aromatic nitrogens is 3. The fourth-order valence-electron chi connectivity index (χ4n) is 4.68. The molecule has 1 aromatic carbocycles. The number of H-pyrrole nitrogens is 2. The molecular weight excluding hydrogens is 332 g/mol. The molecule has 0 radical (unpaired) electrons. The summed E-state index contributed by atoms with van der Waals surface area (Å²) in [5.74, 6) is 3.31. The molecule has 5 nitrogen and oxygen atoms in total. The van der Waals surface area contributed by atoms with E-state index in [0.717, 1.165) is 40.1 Å². The molecule has 0 aliphatic heterocycles. The number of imidazole rings is 1. The maximum Gasteiger partial charge on any atom is 0.305 e. The Morgan fingerprint density at radius 1 is 1.36 bits per heavy atom. The zero-order valence-electron chi connectivity index (χ0n) is 13.9. The van der Waals surface area contributed by atoms with E-state index in [4.69, 9.17) is 0 Å². The van der Waals surface area contributed by atoms with Gasteiger partial charge in [0.25, 0.3) is 0 Å². The van der Waals surface area contributed by atoms with Gasteiger partial charge in [-0.05, 0) is 49.1 Å². The SMILES string of the molecule is O=C(CC1C[C@@H]2CC[C@H]1C2)Nc1ccc2[nH+]c(-c3cscn3)[nH]c2c1. The molecule has 2 saturated carbocycles. The number of rotatable bonds is 4. The van der Waals surface area contributed by atoms with Crippen molar-refractivity contribution in [1.29, 1.82) is 0 Å². The predicted octanol–water partition coefficient (Wildman–Crippen LogP) is 3.87. The average Bonchev–Trinajstić information content (AvgIpc) is 3.37. The van der Waals surface area contributed by atoms with Crippen LogP contribution >= 0.6 is 11.3 Å². The van der Waals surface area contributed by atoms with Gasteiger partial charge >= 0.3 is 5.82 Å². The van der Waals surface area contributed by atoms with Crippen LogP contribution in [0.15, 0.2) is 29.1 Å². The number of hydrogen-bond acceptors (Lipinski definition) is 3. The number of nitrogens with one attached hydrogen (secondary N) is 3. The number of aromatic amines is 2. The third-order valence-electron chi connectivity index (χ3n) is 5.84. The summed E-state index contributed by atoms with van der Waals surface area (Å²) in [4.78, 5) is 23.4. The minimum absolute atomic E-state index is 0.146. The lowest BCUT2D eigenvalue weighted by molar-refractivity contribution is -0.330. The van der Waals surface area contributed by atoms with Gasteiger partial charge in [0, 0.05) is 23.6 Å². The molecule has 3 aromatic rings. The van der Waals surface area contributed by atoms with Crippen LogP contribution in [0, 0.1) is 17.8 Å². The molecule has 2 aromatic heterocycles. The summed E-state index contributed by atoms with van der Waals surface area (Å²) in [5.41, 5.74) is 5.55. The highest BCUT2D eigenvalue weighted by molar-refractivity contribution is 7.07. The van der Waals surface area contributed by atoms with E-state index in [-0.39, 0.29) is 5.91 Å². The van der Waals surface area contributed by atoms with Gasteiger partial charge in [-0.3, -0.25) is 4.79 Å². The Labute approximate surface area is 149 Å². The molecule has 5 rings (SSSR count). The second-order valence-corrected chi connectivity index (χ2v) is 8.16. The zero-order chi connectivity index (χ0) is 16.8. The normalized spacial score (nSPS) is 24.9. The molecule has 2 fully saturated rings. The number of hydrogen-bond donors (Lipinski definition) is 2. The van der Waals surface area contributed by atoms with Gasteiger partial charge in [-0.2, -0.15) is 0 Å². The number of nitrogens with zero attached hydrogens (tertiary/aromatic N) is 1. The Morgan fingerprint density at radius 2 is 2.32 bits per heavy atom. The first-order valence-corrected chi connectivity index (χ1v) is 9.92. The van der Waals surface area contributed by atoms with Crippen LogP contribution in [0.1, 0.15) is 32.1 Å². The highest BCUT2D eigenvalue weighted by Crippen LogP contribution is 2.49. The van der Waals surface area contributed by atoms with Crippen LogP contribution in [-0.2, 0) is 4.79 Å². The summed E-state index contributed by atoms with van der Waals surface area (Å²) in [7, 11) is 0. The molecule has 0 spiro atoms. The maximum absolute atomic E-state index is 12.4. The van der Waals surface area contributed by atoms with Crippen LogP contribution in [0.2, 0.25) is 0 Å². The molecule has 2 bridgehead atoms. The van der Waals surface area contributed by atoms with E-state index >= 15 is 0 Å². The summed E-state index contributed by atoms with van der Waals surface area (Å²) in [6.07, 6.45) is 5.97. The van der Waals surface area contributed by atoms with Crippen LogP contribution < -0.4 is 10.3 Å². The second kappa shape index (κ2) is 5.95. The standard InChI is InChI=1S/C19H20N4OS/c24-18(7-13-6-11-1-2-12(13)5-11)21-14-3-4-15-16(8-14)23-19(22-15)17-9-25-10-20-17/h3-4,8-13H,1-2,5-7H2,(H,21,24)(H,22,23)/p+1/t11-,12+,13?/m1/s1. The number of carbonyl (C=O) groups is 1. The Morgan fingerprint density at radius 3 is 3.08 bits per heavy atom. The number of fused-ring (bicyclic) bond motifs is 3. The molecule has 1 unspecified atom stereocenters. The molecule has 3 atom stereocenters. The Hall–Kier alpha value is -2.21. The highest BCUT2D eigenvalue weighted by Gasteiger charge is 2.40. The van der Waals surface area contributed by atoms with Crippen LogP contribution in [-0.4, -0.2) is 15.9 Å². The van der Waals surface area contributed by atoms with Crippen molar-refractivity contribution in [3.63, 3.8) is 0 Å². The van der Waals surface area contributed by atoms with E-state index < -0.39 is 0 Å². The van der Waals surface area contributed by atoms with Crippen LogP contribution in [0.3, 0.4) is 0 Å². The third-order valence-corrected chi connectivity index (χ3v) is 6.43. The Balaban J connectivity index is 1.30. The lowest BCUT2D eigenvalue weighted by Crippen LogP contribution is -2.20. The topological polar surface area (TPSA) is 71.9 Å². The maximum atomic E-state index is 12.4. The highest BCUT2D eigenvalue weighted by atomic mass is 32.1. The molecule has 3 N–H and O–H groups in total. The molecular formula is C19H21N4OS+. The molecule has 6 heteroatoms. The van der Waals surface area contributed by atoms with Crippen LogP contribution in [0.25, 0.3) is 22.6 Å². The van der Waals surface area contributed by atoms with Crippen LogP contribution in [0.4, 0.5) is 5.69 Å². The first-order valence-electron chi connectivity index (χ1n) is 8.98. The lowest BCUT2D eigenvalue weighted by Gasteiger charge is -2.20. The summed E-state index contributed by atoms with van der Waals surface area (Å²) in [6, 6.07) is 5.94. The van der Waals surface area contributed by atoms with Gasteiger partial charge in [-0.25, -0.2) is 15.0 Å². The van der Waals surface area contributed by atoms with Crippen molar-refractivity contribution in [2.45, 2.75) is 32.1 Å². The predicted molar refractivity (Wildman–Crippen MR) is 98.1 cm³/mol. The number of amides is 1. The van der Waals surface area contributed by atoms with E-state index in [9.17, 15) is 4.79 Å². The summed E-state index contributed by atoms with van der Waals surface area (Å²) in [6.45, 7) is 0. The Bertz CT molecular complexity index is 917. The number of thiazole rings is 1. The van der Waals surface area contributed by atoms with Crippen molar-refractivity contribution < 1.29 is 9.78 Å². The monoisotopic (exact) mass is 353 g/mol. The van der Waals surface area contributed by atoms with Gasteiger partial charge in [-0.15, -0.1) is 11.3 Å². The van der Waals surface area contributed by atoms with Gasteiger partial charge in [0.2, 0.25) is 5.91 Å². The zero-order valence-corrected chi connectivity index (χ0v) is 14.7. The van der Waals surface area contributed by atoms with E-state index in [1.54, 1.807) is 11.3 Å². The van der Waals surface area contributed by atoms with Crippen molar-refractivity contribution in [3.05, 3.63) is 29.1 Å². The molecule has 0 saturated heterocycles. The molecule has 2 aliphatic rings. The summed E-state index contributed by atoms with van der Waals surface area (Å²) in [5, 5.41) is 5.08. The molecule has 2 aliphatic carbocycles. The van der Waals surface area contributed by atoms with E-state index in [0.29, 0.717) is 12.3 Å². The van der Waals surface area contributed by atoms with Crippen molar-refractivity contribution >= 4 is 34.0 Å². The van der Waals surface area contributed by atoms with Crippen molar-refractivity contribution in [2.75, 3.05) is 5.32 Å². The van der Waals surface area contributed by atoms with Crippen molar-refractivity contribution in [2.24, 2.45) is 17.8 Å². The van der Waals surface area contributed by atoms with Gasteiger partial charge in [-0.1, -0.05) is 6.42 Å². The van der Waals surface area contributed by atoms with Gasteiger partial charge in [0.05, 0.1) is 5.51 Å². The van der Waals surface area contributed by atoms with E-state index in [2.05, 4.69) is 20.3 Å². The summed E-state index contributed by atoms with van der Waals surface area (Å²) >= 11 is 1.57. The minimum atomic E-state index is 0.146. The third kappa shape index (κ3) is 2.84. The molecule has 2 heterocycles. The molecule has 25 heavy (non-hydrogen) atoms. The summed E-state index contributed by atoms with van der Waals surface area (Å²) < 4.78 is 0. The largest absolute Gasteiger partial charge is 0.326 e.